The quantitative estimate of drug-likeness (QED) is 0.441. The lowest BCUT2D eigenvalue weighted by molar-refractivity contribution is -0.119. The number of anilines is 1. The van der Waals surface area contributed by atoms with Gasteiger partial charge in [-0.25, -0.2) is 12.8 Å². The van der Waals surface area contributed by atoms with Crippen molar-refractivity contribution in [3.8, 4) is 11.5 Å². The molecular weight excluding hydrogens is 483 g/mol. The van der Waals surface area contributed by atoms with E-state index >= 15 is 0 Å². The molecule has 4 rings (SSSR count). The first-order chi connectivity index (χ1) is 17.4. The average molecular weight is 513 g/mol. The number of rotatable bonds is 10. The van der Waals surface area contributed by atoms with Gasteiger partial charge < -0.3 is 14.8 Å². The lowest BCUT2D eigenvalue weighted by Crippen LogP contribution is -2.42. The van der Waals surface area contributed by atoms with E-state index < -0.39 is 28.3 Å². The van der Waals surface area contributed by atoms with Gasteiger partial charge in [-0.15, -0.1) is 0 Å². The predicted molar refractivity (Wildman–Crippen MR) is 135 cm³/mol. The number of sulfonamides is 1. The van der Waals surface area contributed by atoms with Crippen molar-refractivity contribution in [2.45, 2.75) is 24.7 Å². The molecule has 0 aromatic heterocycles. The topological polar surface area (TPSA) is 84.9 Å². The van der Waals surface area contributed by atoms with E-state index in [1.807, 2.05) is 37.3 Å². The van der Waals surface area contributed by atoms with Crippen molar-refractivity contribution in [1.82, 2.24) is 5.32 Å². The Morgan fingerprint density at radius 2 is 1.75 bits per heavy atom. The normalized spacial score (nSPS) is 13.6. The molecule has 1 heterocycles. The zero-order valence-corrected chi connectivity index (χ0v) is 20.8. The lowest BCUT2D eigenvalue weighted by Gasteiger charge is -2.26. The molecule has 190 valence electrons. The first-order valence-electron chi connectivity index (χ1n) is 11.9. The Morgan fingerprint density at radius 1 is 1.00 bits per heavy atom. The van der Waals surface area contributed by atoms with Crippen molar-refractivity contribution in [2.75, 3.05) is 30.6 Å². The van der Waals surface area contributed by atoms with Gasteiger partial charge in [-0.05, 0) is 48.2 Å². The molecule has 0 fully saturated rings. The van der Waals surface area contributed by atoms with E-state index in [0.29, 0.717) is 31.3 Å². The number of benzene rings is 3. The Bertz CT molecular complexity index is 1300. The second-order valence-corrected chi connectivity index (χ2v) is 10.4. The Hall–Kier alpha value is -3.59. The van der Waals surface area contributed by atoms with Crippen LogP contribution in [0.15, 0.2) is 77.7 Å². The fourth-order valence-corrected chi connectivity index (χ4v) is 5.44. The Morgan fingerprint density at radius 3 is 2.47 bits per heavy atom. The first-order valence-corrected chi connectivity index (χ1v) is 13.3. The molecule has 0 saturated carbocycles. The van der Waals surface area contributed by atoms with Gasteiger partial charge in [-0.1, -0.05) is 49.7 Å². The van der Waals surface area contributed by atoms with Gasteiger partial charge in [0.25, 0.3) is 10.0 Å². The SMILES string of the molecule is CCC(CNC(=O)CN(c1cccc(F)c1)S(=O)(=O)c1ccc2c(c1)OCCO2)Cc1ccccc1. The summed E-state index contributed by atoms with van der Waals surface area (Å²) in [6.45, 7) is 2.62. The number of fused-ring (bicyclic) bond motifs is 1. The Balaban J connectivity index is 1.53. The van der Waals surface area contributed by atoms with Crippen molar-refractivity contribution in [1.29, 1.82) is 0 Å². The van der Waals surface area contributed by atoms with Crippen LogP contribution in [0.3, 0.4) is 0 Å². The molecule has 0 aliphatic carbocycles. The molecule has 1 unspecified atom stereocenters. The summed E-state index contributed by atoms with van der Waals surface area (Å²) in [5.74, 6) is -0.151. The third kappa shape index (κ3) is 6.15. The minimum absolute atomic E-state index is 0.0522. The second kappa shape index (κ2) is 11.4. The van der Waals surface area contributed by atoms with E-state index in [4.69, 9.17) is 9.47 Å². The van der Waals surface area contributed by atoms with Crippen LogP contribution in [0, 0.1) is 11.7 Å². The number of carbonyl (C=O) groups excluding carboxylic acids is 1. The molecule has 1 atom stereocenters. The summed E-state index contributed by atoms with van der Waals surface area (Å²) in [6.07, 6.45) is 1.64. The number of carbonyl (C=O) groups is 1. The van der Waals surface area contributed by atoms with Crippen molar-refractivity contribution in [3.63, 3.8) is 0 Å². The van der Waals surface area contributed by atoms with Crippen LogP contribution in [-0.4, -0.2) is 40.6 Å². The molecule has 1 N–H and O–H groups in total. The van der Waals surface area contributed by atoms with E-state index in [2.05, 4.69) is 5.32 Å². The molecule has 3 aromatic carbocycles. The van der Waals surface area contributed by atoms with Crippen LogP contribution in [0.5, 0.6) is 11.5 Å². The standard InChI is InChI=1S/C27H29FN2O5S/c1-2-20(15-21-7-4-3-5-8-21)18-29-27(31)19-30(23-10-6-9-22(28)16-23)36(32,33)24-11-12-25-26(17-24)35-14-13-34-25/h3-12,16-17,20H,2,13-15,18-19H2,1H3,(H,29,31). The van der Waals surface area contributed by atoms with Crippen LogP contribution < -0.4 is 19.1 Å². The maximum Gasteiger partial charge on any atom is 0.264 e. The largest absolute Gasteiger partial charge is 0.486 e. The molecule has 0 radical (unpaired) electrons. The van der Waals surface area contributed by atoms with Gasteiger partial charge in [0.05, 0.1) is 10.6 Å². The molecular formula is C27H29FN2O5S. The summed E-state index contributed by atoms with van der Waals surface area (Å²) in [6, 6.07) is 19.4. The number of nitrogens with one attached hydrogen (secondary N) is 1. The summed E-state index contributed by atoms with van der Waals surface area (Å²) in [4.78, 5) is 12.9. The molecule has 1 aliphatic heterocycles. The van der Waals surface area contributed by atoms with Crippen LogP contribution >= 0.6 is 0 Å². The smallest absolute Gasteiger partial charge is 0.264 e. The highest BCUT2D eigenvalue weighted by atomic mass is 32.2. The van der Waals surface area contributed by atoms with Gasteiger partial charge in [0.2, 0.25) is 5.91 Å². The number of hydrogen-bond acceptors (Lipinski definition) is 5. The number of nitrogens with zero attached hydrogens (tertiary/aromatic N) is 1. The van der Waals surface area contributed by atoms with Gasteiger partial charge in [0.1, 0.15) is 25.6 Å². The Kier molecular flexibility index (Phi) is 8.10. The van der Waals surface area contributed by atoms with Gasteiger partial charge >= 0.3 is 0 Å². The highest BCUT2D eigenvalue weighted by molar-refractivity contribution is 7.92. The van der Waals surface area contributed by atoms with E-state index in [0.717, 1.165) is 23.2 Å². The molecule has 1 aliphatic rings. The highest BCUT2D eigenvalue weighted by Gasteiger charge is 2.29. The van der Waals surface area contributed by atoms with E-state index in [1.165, 1.54) is 42.0 Å². The third-order valence-electron chi connectivity index (χ3n) is 6.02. The number of halogens is 1. The number of hydrogen-bond donors (Lipinski definition) is 1. The highest BCUT2D eigenvalue weighted by Crippen LogP contribution is 2.34. The third-order valence-corrected chi connectivity index (χ3v) is 7.79. The van der Waals surface area contributed by atoms with Crippen LogP contribution in [0.1, 0.15) is 18.9 Å². The summed E-state index contributed by atoms with van der Waals surface area (Å²) in [5.41, 5.74) is 1.22. The monoisotopic (exact) mass is 512 g/mol. The molecule has 36 heavy (non-hydrogen) atoms. The summed E-state index contributed by atoms with van der Waals surface area (Å²) >= 11 is 0. The molecule has 0 spiro atoms. The minimum atomic E-state index is -4.22. The van der Waals surface area contributed by atoms with Gasteiger partial charge in [0.15, 0.2) is 11.5 Å². The fourth-order valence-electron chi connectivity index (χ4n) is 4.01. The van der Waals surface area contributed by atoms with E-state index in [9.17, 15) is 17.6 Å². The van der Waals surface area contributed by atoms with Crippen molar-refractivity contribution < 1.29 is 27.1 Å². The molecule has 7 nitrogen and oxygen atoms in total. The van der Waals surface area contributed by atoms with E-state index in [1.54, 1.807) is 0 Å². The summed E-state index contributed by atoms with van der Waals surface area (Å²) in [5, 5.41) is 2.86. The molecule has 0 saturated heterocycles. The molecule has 0 bridgehead atoms. The maximum atomic E-state index is 14.0. The fraction of sp³-hybridized carbons (Fsp3) is 0.296. The summed E-state index contributed by atoms with van der Waals surface area (Å²) in [7, 11) is -4.22. The average Bonchev–Trinajstić information content (AvgIpc) is 2.89. The zero-order chi connectivity index (χ0) is 25.5. The number of ether oxygens (including phenoxy) is 2. The number of amides is 1. The maximum absolute atomic E-state index is 14.0. The minimum Gasteiger partial charge on any atom is -0.486 e. The zero-order valence-electron chi connectivity index (χ0n) is 20.0. The van der Waals surface area contributed by atoms with Gasteiger partial charge in [0, 0.05) is 12.6 Å². The predicted octanol–water partition coefficient (Wildman–Crippen LogP) is 4.18. The van der Waals surface area contributed by atoms with E-state index in [-0.39, 0.29) is 16.5 Å². The molecule has 1 amide bonds. The first kappa shape index (κ1) is 25.5. The summed E-state index contributed by atoms with van der Waals surface area (Å²) < 4.78 is 53.2. The lowest BCUT2D eigenvalue weighted by atomic mass is 9.97. The van der Waals surface area contributed by atoms with Crippen LogP contribution in [0.25, 0.3) is 0 Å². The van der Waals surface area contributed by atoms with Crippen molar-refractivity contribution in [3.05, 3.63) is 84.2 Å². The van der Waals surface area contributed by atoms with Crippen LogP contribution in [0.2, 0.25) is 0 Å². The van der Waals surface area contributed by atoms with Crippen molar-refractivity contribution in [2.24, 2.45) is 5.92 Å². The molecule has 9 heteroatoms. The van der Waals surface area contributed by atoms with Crippen LogP contribution in [-0.2, 0) is 21.2 Å². The molecule has 3 aromatic rings. The second-order valence-electron chi connectivity index (χ2n) is 8.57. The van der Waals surface area contributed by atoms with Gasteiger partial charge in [-0.3, -0.25) is 9.10 Å². The van der Waals surface area contributed by atoms with Crippen LogP contribution in [0.4, 0.5) is 10.1 Å². The Labute approximate surface area is 210 Å². The van der Waals surface area contributed by atoms with Gasteiger partial charge in [-0.2, -0.15) is 0 Å². The van der Waals surface area contributed by atoms with Crippen molar-refractivity contribution >= 4 is 21.6 Å².